The Morgan fingerprint density at radius 3 is 2.39 bits per heavy atom. The Kier molecular flexibility index (Phi) is 5.80. The molecule has 8 heteroatoms. The van der Waals surface area contributed by atoms with Crippen molar-refractivity contribution in [3.05, 3.63) is 11.4 Å². The fraction of sp³-hybridized carbons (Fsp3) is 0.733. The molecule has 1 saturated carbocycles. The molecule has 0 spiro atoms. The zero-order chi connectivity index (χ0) is 17.0. The number of sulfonamides is 1. The molecular formula is C15H26N4O3S. The molecule has 0 saturated heterocycles. The first-order valence-electron chi connectivity index (χ1n) is 8.09. The molecule has 0 atom stereocenters. The first kappa shape index (κ1) is 17.9. The molecule has 23 heavy (non-hydrogen) atoms. The molecule has 0 radical (unpaired) electrons. The number of carbonyl (C=O) groups is 1. The van der Waals surface area contributed by atoms with Gasteiger partial charge in [0.25, 0.3) is 0 Å². The van der Waals surface area contributed by atoms with Crippen molar-refractivity contribution in [3.8, 4) is 0 Å². The molecule has 2 rings (SSSR count). The number of carbonyl (C=O) groups excluding carboxylic acids is 1. The number of rotatable bonds is 5. The first-order chi connectivity index (χ1) is 10.8. The van der Waals surface area contributed by atoms with Gasteiger partial charge >= 0.3 is 0 Å². The van der Waals surface area contributed by atoms with Crippen molar-refractivity contribution in [1.29, 1.82) is 0 Å². The fourth-order valence-electron chi connectivity index (χ4n) is 3.06. The largest absolute Gasteiger partial charge is 0.352 e. The molecule has 1 amide bonds. The lowest BCUT2D eigenvalue weighted by atomic mass is 10.1. The molecule has 2 N–H and O–H groups in total. The number of hydrogen-bond acceptors (Lipinski definition) is 4. The third kappa shape index (κ3) is 4.32. The molecule has 1 fully saturated rings. The van der Waals surface area contributed by atoms with Crippen LogP contribution in [0.2, 0.25) is 0 Å². The minimum atomic E-state index is -3.72. The highest BCUT2D eigenvalue weighted by atomic mass is 32.2. The highest BCUT2D eigenvalue weighted by Gasteiger charge is 2.28. The van der Waals surface area contributed by atoms with Gasteiger partial charge in [0.15, 0.2) is 0 Å². The topological polar surface area (TPSA) is 95.2 Å². The van der Waals surface area contributed by atoms with E-state index < -0.39 is 10.0 Å². The quantitative estimate of drug-likeness (QED) is 0.793. The van der Waals surface area contributed by atoms with Crippen LogP contribution in [0, 0.1) is 13.8 Å². The Hall–Kier alpha value is -1.41. The molecule has 0 bridgehead atoms. The summed E-state index contributed by atoms with van der Waals surface area (Å²) in [4.78, 5) is 12.3. The van der Waals surface area contributed by atoms with Gasteiger partial charge in [-0.2, -0.15) is 9.40 Å². The highest BCUT2D eigenvalue weighted by molar-refractivity contribution is 7.89. The summed E-state index contributed by atoms with van der Waals surface area (Å²) in [5.41, 5.74) is 0.900. The lowest BCUT2D eigenvalue weighted by Gasteiger charge is -2.20. The third-order valence-electron chi connectivity index (χ3n) is 4.32. The van der Waals surface area contributed by atoms with Crippen molar-refractivity contribution < 1.29 is 13.2 Å². The first-order valence-corrected chi connectivity index (χ1v) is 9.53. The summed E-state index contributed by atoms with van der Waals surface area (Å²) in [5, 5.41) is 9.55. The van der Waals surface area contributed by atoms with Crippen LogP contribution in [0.5, 0.6) is 0 Å². The lowest BCUT2D eigenvalue weighted by Crippen LogP contribution is -2.42. The van der Waals surface area contributed by atoms with E-state index in [4.69, 9.17) is 0 Å². The SMILES string of the molecule is Cc1n[nH]c(C)c1S(=O)(=O)N(C)CC(=O)NC1CCCCCC1. The van der Waals surface area contributed by atoms with E-state index in [9.17, 15) is 13.2 Å². The molecule has 130 valence electrons. The molecular weight excluding hydrogens is 316 g/mol. The number of nitrogens with zero attached hydrogens (tertiary/aromatic N) is 2. The monoisotopic (exact) mass is 342 g/mol. The minimum Gasteiger partial charge on any atom is -0.352 e. The van der Waals surface area contributed by atoms with Gasteiger partial charge in [-0.15, -0.1) is 0 Å². The van der Waals surface area contributed by atoms with E-state index >= 15 is 0 Å². The number of aromatic nitrogens is 2. The third-order valence-corrected chi connectivity index (χ3v) is 6.38. The van der Waals surface area contributed by atoms with Crippen molar-refractivity contribution in [2.45, 2.75) is 63.3 Å². The maximum atomic E-state index is 12.6. The van der Waals surface area contributed by atoms with Gasteiger partial charge in [-0.3, -0.25) is 9.89 Å². The second kappa shape index (κ2) is 7.44. The van der Waals surface area contributed by atoms with Crippen LogP contribution < -0.4 is 5.32 Å². The van der Waals surface area contributed by atoms with E-state index in [1.54, 1.807) is 13.8 Å². The molecule has 0 unspecified atom stereocenters. The maximum absolute atomic E-state index is 12.6. The summed E-state index contributed by atoms with van der Waals surface area (Å²) in [6.45, 7) is 3.12. The Balaban J connectivity index is 2.00. The van der Waals surface area contributed by atoms with Crippen molar-refractivity contribution in [1.82, 2.24) is 19.8 Å². The molecule has 1 aliphatic carbocycles. The van der Waals surface area contributed by atoms with Gasteiger partial charge in [-0.25, -0.2) is 8.42 Å². The van der Waals surface area contributed by atoms with Gasteiger partial charge in [0.1, 0.15) is 4.90 Å². The summed E-state index contributed by atoms with van der Waals surface area (Å²) in [7, 11) is -2.30. The van der Waals surface area contributed by atoms with Crippen LogP contribution in [0.3, 0.4) is 0 Å². The van der Waals surface area contributed by atoms with E-state index in [2.05, 4.69) is 15.5 Å². The maximum Gasteiger partial charge on any atom is 0.246 e. The molecule has 7 nitrogen and oxygen atoms in total. The molecule has 1 aromatic rings. The smallest absolute Gasteiger partial charge is 0.246 e. The number of aryl methyl sites for hydroxylation is 2. The lowest BCUT2D eigenvalue weighted by molar-refractivity contribution is -0.121. The van der Waals surface area contributed by atoms with Gasteiger partial charge in [0.2, 0.25) is 15.9 Å². The molecule has 1 aromatic heterocycles. The van der Waals surface area contributed by atoms with Gasteiger partial charge in [-0.1, -0.05) is 25.7 Å². The summed E-state index contributed by atoms with van der Waals surface area (Å²) >= 11 is 0. The van der Waals surface area contributed by atoms with Crippen LogP contribution >= 0.6 is 0 Å². The Morgan fingerprint density at radius 1 is 1.26 bits per heavy atom. The summed E-state index contributed by atoms with van der Waals surface area (Å²) < 4.78 is 26.3. The molecule has 0 aromatic carbocycles. The predicted octanol–water partition coefficient (Wildman–Crippen LogP) is 1.49. The second-order valence-corrected chi connectivity index (χ2v) is 8.26. The van der Waals surface area contributed by atoms with E-state index in [1.165, 1.54) is 19.9 Å². The second-order valence-electron chi connectivity index (χ2n) is 6.28. The van der Waals surface area contributed by atoms with E-state index in [1.807, 2.05) is 0 Å². The summed E-state index contributed by atoms with van der Waals surface area (Å²) in [5.74, 6) is -0.248. The van der Waals surface area contributed by atoms with Crippen LogP contribution in [0.15, 0.2) is 4.90 Å². The number of nitrogens with one attached hydrogen (secondary N) is 2. The minimum absolute atomic E-state index is 0.155. The van der Waals surface area contributed by atoms with Crippen molar-refractivity contribution in [2.75, 3.05) is 13.6 Å². The highest BCUT2D eigenvalue weighted by Crippen LogP contribution is 2.21. The van der Waals surface area contributed by atoms with Crippen LogP contribution in [-0.4, -0.2) is 48.5 Å². The number of H-pyrrole nitrogens is 1. The number of amides is 1. The Bertz CT molecular complexity index is 626. The van der Waals surface area contributed by atoms with Crippen molar-refractivity contribution in [2.24, 2.45) is 0 Å². The van der Waals surface area contributed by atoms with Crippen molar-refractivity contribution in [3.63, 3.8) is 0 Å². The molecule has 0 aliphatic heterocycles. The van der Waals surface area contributed by atoms with E-state index in [0.29, 0.717) is 11.4 Å². The Labute approximate surface area is 137 Å². The number of likely N-dealkylation sites (N-methyl/N-ethyl adjacent to an activating group) is 1. The zero-order valence-corrected chi connectivity index (χ0v) is 14.9. The summed E-state index contributed by atoms with van der Waals surface area (Å²) in [6.07, 6.45) is 6.60. The molecule has 1 heterocycles. The van der Waals surface area contributed by atoms with Gasteiger partial charge in [0.05, 0.1) is 17.9 Å². The predicted molar refractivity (Wildman–Crippen MR) is 87.5 cm³/mol. The standard InChI is InChI=1S/C15H26N4O3S/c1-11-15(12(2)18-17-11)23(21,22)19(3)10-14(20)16-13-8-6-4-5-7-9-13/h13H,4-10H2,1-3H3,(H,16,20)(H,17,18). The average molecular weight is 342 g/mol. The number of hydrogen-bond donors (Lipinski definition) is 2. The van der Waals surface area contributed by atoms with Gasteiger partial charge in [0, 0.05) is 13.1 Å². The van der Waals surface area contributed by atoms with Crippen LogP contribution in [-0.2, 0) is 14.8 Å². The van der Waals surface area contributed by atoms with Gasteiger partial charge < -0.3 is 5.32 Å². The van der Waals surface area contributed by atoms with Crippen LogP contribution in [0.1, 0.15) is 49.9 Å². The van der Waals surface area contributed by atoms with Crippen molar-refractivity contribution >= 4 is 15.9 Å². The zero-order valence-electron chi connectivity index (χ0n) is 14.1. The number of aromatic amines is 1. The van der Waals surface area contributed by atoms with Crippen LogP contribution in [0.4, 0.5) is 0 Å². The van der Waals surface area contributed by atoms with Gasteiger partial charge in [-0.05, 0) is 26.7 Å². The van der Waals surface area contributed by atoms with E-state index in [0.717, 1.165) is 30.0 Å². The Morgan fingerprint density at radius 2 is 1.87 bits per heavy atom. The summed E-state index contributed by atoms with van der Waals surface area (Å²) in [6, 6.07) is 0.165. The van der Waals surface area contributed by atoms with Crippen LogP contribution in [0.25, 0.3) is 0 Å². The average Bonchev–Trinajstić information content (AvgIpc) is 2.67. The van der Waals surface area contributed by atoms with E-state index in [-0.39, 0.29) is 23.4 Å². The normalized spacial score (nSPS) is 17.2. The fourth-order valence-corrected chi connectivity index (χ4v) is 4.51. The molecule has 1 aliphatic rings.